The molecule has 2 saturated heterocycles. The highest BCUT2D eigenvalue weighted by Gasteiger charge is 2.38. The Morgan fingerprint density at radius 1 is 1.28 bits per heavy atom. The number of nitrogens with zero attached hydrogens (tertiary/aromatic N) is 1. The van der Waals surface area contributed by atoms with Gasteiger partial charge < -0.3 is 10.2 Å². The predicted octanol–water partition coefficient (Wildman–Crippen LogP) is 2.25. The molecule has 2 aromatic heterocycles. The Bertz CT molecular complexity index is 562. The number of hydrogen-bond acceptors (Lipinski definition) is 4. The van der Waals surface area contributed by atoms with Crippen molar-refractivity contribution in [2.24, 2.45) is 11.8 Å². The first-order valence-electron chi connectivity index (χ1n) is 6.28. The van der Waals surface area contributed by atoms with Gasteiger partial charge in [0.15, 0.2) is 0 Å². The number of rotatable bonds is 1. The second kappa shape index (κ2) is 4.05. The molecule has 94 valence electrons. The summed E-state index contributed by atoms with van der Waals surface area (Å²) in [6, 6.07) is 4.16. The molecule has 5 heteroatoms. The van der Waals surface area contributed by atoms with Crippen LogP contribution in [-0.2, 0) is 0 Å². The number of hydrogen-bond donors (Lipinski definition) is 1. The van der Waals surface area contributed by atoms with Crippen LogP contribution in [0, 0.1) is 11.8 Å². The molecule has 4 rings (SSSR count). The third-order valence-corrected chi connectivity index (χ3v) is 6.11. The Labute approximate surface area is 113 Å². The molecule has 0 aliphatic carbocycles. The largest absolute Gasteiger partial charge is 0.337 e. The summed E-state index contributed by atoms with van der Waals surface area (Å²) in [5.74, 6) is 1.59. The quantitative estimate of drug-likeness (QED) is 0.868. The molecule has 0 spiro atoms. The van der Waals surface area contributed by atoms with Gasteiger partial charge in [0, 0.05) is 35.6 Å². The topological polar surface area (TPSA) is 32.3 Å². The van der Waals surface area contributed by atoms with E-state index in [0.29, 0.717) is 11.8 Å². The number of carbonyl (C=O) groups excluding carboxylic acids is 1. The fourth-order valence-electron chi connectivity index (χ4n) is 3.05. The maximum Gasteiger partial charge on any atom is 0.264 e. The minimum Gasteiger partial charge on any atom is -0.337 e. The lowest BCUT2D eigenvalue weighted by molar-refractivity contribution is 0.0786. The third-order valence-electron chi connectivity index (χ3n) is 4.03. The number of likely N-dealkylation sites (tertiary alicyclic amines) is 1. The molecule has 0 saturated carbocycles. The van der Waals surface area contributed by atoms with E-state index in [1.54, 1.807) is 22.7 Å². The lowest BCUT2D eigenvalue weighted by Crippen LogP contribution is -2.31. The molecule has 2 aliphatic heterocycles. The lowest BCUT2D eigenvalue weighted by atomic mass is 10.0. The summed E-state index contributed by atoms with van der Waals surface area (Å²) in [5.41, 5.74) is 0. The van der Waals surface area contributed by atoms with Gasteiger partial charge in [0.05, 0.1) is 4.88 Å². The fourth-order valence-corrected chi connectivity index (χ4v) is 5.12. The molecule has 1 amide bonds. The summed E-state index contributed by atoms with van der Waals surface area (Å²) in [6.07, 6.45) is 0. The molecule has 0 unspecified atom stereocenters. The summed E-state index contributed by atoms with van der Waals surface area (Å²) < 4.78 is 2.48. The van der Waals surface area contributed by atoms with Crippen LogP contribution in [0.25, 0.3) is 9.40 Å². The van der Waals surface area contributed by atoms with Crippen molar-refractivity contribution in [3.05, 3.63) is 22.4 Å². The third kappa shape index (κ3) is 1.61. The number of carbonyl (C=O) groups is 1. The smallest absolute Gasteiger partial charge is 0.264 e. The highest BCUT2D eigenvalue weighted by Crippen LogP contribution is 2.33. The Morgan fingerprint density at radius 3 is 2.78 bits per heavy atom. The van der Waals surface area contributed by atoms with Crippen molar-refractivity contribution in [2.45, 2.75) is 0 Å². The monoisotopic (exact) mass is 278 g/mol. The Kier molecular flexibility index (Phi) is 2.46. The van der Waals surface area contributed by atoms with Crippen molar-refractivity contribution in [2.75, 3.05) is 26.2 Å². The van der Waals surface area contributed by atoms with Gasteiger partial charge >= 0.3 is 0 Å². The normalized spacial score (nSPS) is 27.0. The first kappa shape index (κ1) is 11.0. The second-order valence-electron chi connectivity index (χ2n) is 5.15. The molecule has 0 aromatic carbocycles. The van der Waals surface area contributed by atoms with E-state index in [9.17, 15) is 4.79 Å². The zero-order valence-electron chi connectivity index (χ0n) is 9.89. The van der Waals surface area contributed by atoms with Gasteiger partial charge in [-0.2, -0.15) is 0 Å². The van der Waals surface area contributed by atoms with E-state index in [4.69, 9.17) is 0 Å². The zero-order valence-corrected chi connectivity index (χ0v) is 11.5. The van der Waals surface area contributed by atoms with E-state index < -0.39 is 0 Å². The Balaban J connectivity index is 1.58. The van der Waals surface area contributed by atoms with Crippen LogP contribution in [0.4, 0.5) is 0 Å². The molecular formula is C13H14N2OS2. The number of fused-ring (bicyclic) bond motifs is 2. The van der Waals surface area contributed by atoms with Gasteiger partial charge in [-0.05, 0) is 29.3 Å². The highest BCUT2D eigenvalue weighted by molar-refractivity contribution is 7.27. The molecule has 2 fully saturated rings. The molecular weight excluding hydrogens is 264 g/mol. The summed E-state index contributed by atoms with van der Waals surface area (Å²) in [6.45, 7) is 4.02. The molecule has 4 heterocycles. The minimum absolute atomic E-state index is 0.234. The van der Waals surface area contributed by atoms with E-state index in [2.05, 4.69) is 22.8 Å². The number of nitrogens with one attached hydrogen (secondary N) is 1. The van der Waals surface area contributed by atoms with Crippen LogP contribution in [0.1, 0.15) is 9.67 Å². The van der Waals surface area contributed by atoms with Gasteiger partial charge in [0.1, 0.15) is 0 Å². The first-order chi connectivity index (χ1) is 8.81. The van der Waals surface area contributed by atoms with Crippen molar-refractivity contribution >= 4 is 38.0 Å². The summed E-state index contributed by atoms with van der Waals surface area (Å²) in [5, 5.41) is 5.49. The van der Waals surface area contributed by atoms with Crippen LogP contribution in [0.15, 0.2) is 17.5 Å². The zero-order chi connectivity index (χ0) is 12.1. The van der Waals surface area contributed by atoms with Gasteiger partial charge in [-0.1, -0.05) is 0 Å². The highest BCUT2D eigenvalue weighted by atomic mass is 32.1. The Hall–Kier alpha value is -0.910. The van der Waals surface area contributed by atoms with Gasteiger partial charge in [0.2, 0.25) is 0 Å². The lowest BCUT2D eigenvalue weighted by Gasteiger charge is -2.16. The van der Waals surface area contributed by atoms with Gasteiger partial charge in [-0.3, -0.25) is 4.79 Å². The van der Waals surface area contributed by atoms with Crippen LogP contribution in [0.3, 0.4) is 0 Å². The van der Waals surface area contributed by atoms with Crippen molar-refractivity contribution in [3.63, 3.8) is 0 Å². The maximum atomic E-state index is 12.5. The summed E-state index contributed by atoms with van der Waals surface area (Å²) in [4.78, 5) is 15.4. The SMILES string of the molecule is O=C(c1cc2sccc2s1)N1C[C@H]2CNC[C@H]2C1. The van der Waals surface area contributed by atoms with E-state index in [0.717, 1.165) is 31.1 Å². The molecule has 18 heavy (non-hydrogen) atoms. The van der Waals surface area contributed by atoms with Crippen molar-refractivity contribution in [1.29, 1.82) is 0 Å². The average Bonchev–Trinajstić information content (AvgIpc) is 3.06. The first-order valence-corrected chi connectivity index (χ1v) is 7.98. The number of thiophene rings is 2. The van der Waals surface area contributed by atoms with Crippen LogP contribution < -0.4 is 5.32 Å². The minimum atomic E-state index is 0.234. The molecule has 1 N–H and O–H groups in total. The Morgan fingerprint density at radius 2 is 2.06 bits per heavy atom. The van der Waals surface area contributed by atoms with E-state index in [1.807, 2.05) is 4.90 Å². The van der Waals surface area contributed by atoms with Crippen molar-refractivity contribution in [1.82, 2.24) is 10.2 Å². The average molecular weight is 278 g/mol. The standard InChI is InChI=1S/C13H14N2OS2/c16-13(12-3-11-10(18-12)1-2-17-11)15-6-8-4-14-5-9(8)7-15/h1-3,8-9,14H,4-7H2/t8-,9+. The van der Waals surface area contributed by atoms with Crippen LogP contribution in [-0.4, -0.2) is 37.0 Å². The van der Waals surface area contributed by atoms with E-state index >= 15 is 0 Å². The van der Waals surface area contributed by atoms with Crippen LogP contribution in [0.5, 0.6) is 0 Å². The van der Waals surface area contributed by atoms with Gasteiger partial charge in [-0.15, -0.1) is 22.7 Å². The van der Waals surface area contributed by atoms with Gasteiger partial charge in [0.25, 0.3) is 5.91 Å². The summed E-state index contributed by atoms with van der Waals surface area (Å²) >= 11 is 3.35. The second-order valence-corrected chi connectivity index (χ2v) is 7.18. The molecule has 3 nitrogen and oxygen atoms in total. The molecule has 0 radical (unpaired) electrons. The van der Waals surface area contributed by atoms with E-state index in [-0.39, 0.29) is 5.91 Å². The van der Waals surface area contributed by atoms with Crippen molar-refractivity contribution < 1.29 is 4.79 Å². The van der Waals surface area contributed by atoms with Crippen molar-refractivity contribution in [3.8, 4) is 0 Å². The molecule has 0 bridgehead atoms. The maximum absolute atomic E-state index is 12.5. The molecule has 2 aromatic rings. The predicted molar refractivity (Wildman–Crippen MR) is 75.5 cm³/mol. The number of amides is 1. The van der Waals surface area contributed by atoms with Gasteiger partial charge in [-0.25, -0.2) is 0 Å². The summed E-state index contributed by atoms with van der Waals surface area (Å²) in [7, 11) is 0. The van der Waals surface area contributed by atoms with Crippen LogP contribution >= 0.6 is 22.7 Å². The van der Waals surface area contributed by atoms with E-state index in [1.165, 1.54) is 9.40 Å². The molecule has 2 atom stereocenters. The fraction of sp³-hybridized carbons (Fsp3) is 0.462. The van der Waals surface area contributed by atoms with Crippen LogP contribution in [0.2, 0.25) is 0 Å². The molecule has 2 aliphatic rings.